The second kappa shape index (κ2) is 25.0. The van der Waals surface area contributed by atoms with Crippen LogP contribution in [0.2, 0.25) is 0 Å². The molecule has 77 heavy (non-hydrogen) atoms. The van der Waals surface area contributed by atoms with Crippen LogP contribution < -0.4 is 26.0 Å². The minimum absolute atomic E-state index is 0.0434. The van der Waals surface area contributed by atoms with Crippen LogP contribution in [0, 0.1) is 28.6 Å². The number of aromatic amines is 1. The van der Waals surface area contributed by atoms with E-state index in [0.717, 1.165) is 27.6 Å². The van der Waals surface area contributed by atoms with Gasteiger partial charge in [-0.1, -0.05) is 91.9 Å². The molecule has 398 valence electrons. The van der Waals surface area contributed by atoms with Crippen LogP contribution in [0.3, 0.4) is 0 Å². The molecule has 5 aromatic carbocycles. The van der Waals surface area contributed by atoms with Gasteiger partial charge in [-0.05, 0) is 98.8 Å². The molecule has 1 fully saturated rings. The van der Waals surface area contributed by atoms with E-state index in [-0.39, 0.29) is 67.3 Å². The van der Waals surface area contributed by atoms with Gasteiger partial charge in [0.2, 0.25) is 0 Å². The molecular formula is C59H62N7O10P. The van der Waals surface area contributed by atoms with Crippen molar-refractivity contribution in [3.8, 4) is 23.6 Å². The molecule has 17 nitrogen and oxygen atoms in total. The van der Waals surface area contributed by atoms with Gasteiger partial charge >= 0.3 is 5.69 Å². The van der Waals surface area contributed by atoms with Gasteiger partial charge in [-0.3, -0.25) is 28.5 Å². The standard InChI is InChI=1S/C59H62N7O10P/c1-38(2)66(39(3)4)77(74-33-15-31-60)76-53-40(5)57(75-52(53)37-73-59(43-17-9-8-10-18-43,44-22-26-46(71-6)27-23-44)45-24-28-47(72-7)29-25-45)65-36-50(55(68)63-58(65)70)54(67)62-32-30-42-35-64(51-21-14-13-19-48(42)51)56(69)49-20-12-11-16-41(49)34-61/h8-14,16-29,35-36,38-40,52-53,57H,15,30,32-33,37H2,1-7H3,(H,62,67)(H,63,68,70)/t40-,52+,53?,57+,77?/m0/s1. The van der Waals surface area contributed by atoms with E-state index in [0.29, 0.717) is 17.0 Å². The lowest BCUT2D eigenvalue weighted by atomic mass is 9.80. The highest BCUT2D eigenvalue weighted by atomic mass is 31.2. The van der Waals surface area contributed by atoms with Gasteiger partial charge in [-0.2, -0.15) is 10.5 Å². The van der Waals surface area contributed by atoms with Gasteiger partial charge in [0.05, 0.1) is 62.6 Å². The monoisotopic (exact) mass is 1060 g/mol. The summed E-state index contributed by atoms with van der Waals surface area (Å²) in [4.78, 5) is 57.8. The van der Waals surface area contributed by atoms with E-state index >= 15 is 0 Å². The number of nitrogens with zero attached hydrogens (tertiary/aromatic N) is 5. The third-order valence-corrected chi connectivity index (χ3v) is 15.7. The van der Waals surface area contributed by atoms with Gasteiger partial charge in [0.25, 0.3) is 25.9 Å². The number of carbonyl (C=O) groups is 2. The fraction of sp³-hybridized carbons (Fsp3) is 0.322. The molecule has 7 aromatic rings. The van der Waals surface area contributed by atoms with Gasteiger partial charge in [-0.25, -0.2) is 9.46 Å². The van der Waals surface area contributed by atoms with Crippen molar-refractivity contribution in [1.29, 1.82) is 10.5 Å². The number of hydrogen-bond donors (Lipinski definition) is 2. The number of ether oxygens (including phenoxy) is 4. The topological polar surface area (TPSA) is 212 Å². The average molecular weight is 1060 g/mol. The quantitative estimate of drug-likeness (QED) is 0.0369. The van der Waals surface area contributed by atoms with Gasteiger partial charge < -0.3 is 33.3 Å². The summed E-state index contributed by atoms with van der Waals surface area (Å²) in [6.45, 7) is 10.0. The summed E-state index contributed by atoms with van der Waals surface area (Å²) in [6, 6.07) is 43.1. The zero-order chi connectivity index (χ0) is 54.8. The summed E-state index contributed by atoms with van der Waals surface area (Å²) in [5.74, 6) is -0.460. The smallest absolute Gasteiger partial charge is 0.330 e. The molecule has 0 spiro atoms. The van der Waals surface area contributed by atoms with E-state index in [1.807, 2.05) is 132 Å². The zero-order valence-corrected chi connectivity index (χ0v) is 44.9. The lowest BCUT2D eigenvalue weighted by molar-refractivity contribution is -0.0931. The van der Waals surface area contributed by atoms with E-state index in [4.69, 9.17) is 28.0 Å². The van der Waals surface area contributed by atoms with Crippen LogP contribution >= 0.6 is 8.53 Å². The van der Waals surface area contributed by atoms with Crippen LogP contribution in [-0.2, 0) is 30.5 Å². The van der Waals surface area contributed by atoms with Gasteiger partial charge in [0.15, 0.2) is 0 Å². The number of aromatic nitrogens is 3. The zero-order valence-electron chi connectivity index (χ0n) is 44.0. The second-order valence-corrected chi connectivity index (χ2v) is 20.5. The van der Waals surface area contributed by atoms with E-state index in [1.54, 1.807) is 50.7 Å². The van der Waals surface area contributed by atoms with Gasteiger partial charge in [0, 0.05) is 42.3 Å². The van der Waals surface area contributed by atoms with Crippen LogP contribution in [0.5, 0.6) is 11.5 Å². The van der Waals surface area contributed by atoms with Crippen molar-refractivity contribution in [3.63, 3.8) is 0 Å². The predicted octanol–water partition coefficient (Wildman–Crippen LogP) is 9.24. The number of methoxy groups -OCH3 is 2. The highest BCUT2D eigenvalue weighted by Gasteiger charge is 2.49. The van der Waals surface area contributed by atoms with Crippen molar-refractivity contribution < 1.29 is 37.6 Å². The van der Waals surface area contributed by atoms with Crippen molar-refractivity contribution in [2.45, 2.75) is 83.6 Å². The Labute approximate surface area is 448 Å². The molecular weight excluding hydrogens is 998 g/mol. The molecule has 0 bridgehead atoms. The van der Waals surface area contributed by atoms with E-state index in [1.165, 1.54) is 15.3 Å². The van der Waals surface area contributed by atoms with Gasteiger partial charge in [0.1, 0.15) is 41.1 Å². The Kier molecular flexibility index (Phi) is 18.0. The average Bonchev–Trinajstić information content (AvgIpc) is 3.99. The maximum Gasteiger partial charge on any atom is 0.330 e. The first-order chi connectivity index (χ1) is 37.2. The molecule has 1 amide bonds. The highest BCUT2D eigenvalue weighted by molar-refractivity contribution is 7.44. The molecule has 18 heteroatoms. The molecule has 1 aliphatic rings. The largest absolute Gasteiger partial charge is 0.497 e. The van der Waals surface area contributed by atoms with Crippen molar-refractivity contribution in [2.75, 3.05) is 34.0 Å². The molecule has 2 aromatic heterocycles. The van der Waals surface area contributed by atoms with Crippen LogP contribution in [-0.4, -0.2) is 88.9 Å². The summed E-state index contributed by atoms with van der Waals surface area (Å²) in [6.07, 6.45) is 0.464. The SMILES string of the molecule is COc1ccc(C(OC[C@H]2O[C@@H](n3cc(C(=O)NCCc4cn(C(=O)c5ccccc5C#N)c5ccccc45)c(=O)[nH]c3=O)[C@@H](C)C2OP(OCCC#N)N(C(C)C)C(C)C)(c2ccccc2)c2ccc(OC)cc2)cc1. The number of hydrogen-bond acceptors (Lipinski definition) is 13. The summed E-state index contributed by atoms with van der Waals surface area (Å²) in [7, 11) is 1.35. The van der Waals surface area contributed by atoms with Crippen molar-refractivity contribution in [3.05, 3.63) is 200 Å². The number of nitriles is 2. The number of H-pyrrole nitrogens is 1. The number of rotatable bonds is 22. The molecule has 0 saturated carbocycles. The maximum absolute atomic E-state index is 14.1. The number of nitrogens with one attached hydrogen (secondary N) is 2. The first kappa shape index (κ1) is 55.5. The molecule has 0 radical (unpaired) electrons. The second-order valence-electron chi connectivity index (χ2n) is 19.1. The Morgan fingerprint density at radius 3 is 2.04 bits per heavy atom. The maximum atomic E-state index is 14.1. The van der Waals surface area contributed by atoms with E-state index in [2.05, 4.69) is 27.1 Å². The number of carbonyl (C=O) groups excluding carboxylic acids is 2. The molecule has 1 aliphatic heterocycles. The Bertz CT molecular complexity index is 3330. The minimum Gasteiger partial charge on any atom is -0.497 e. The molecule has 1 saturated heterocycles. The van der Waals surface area contributed by atoms with Crippen LogP contribution in [0.1, 0.15) is 95.8 Å². The number of fused-ring (bicyclic) bond motifs is 1. The first-order valence-corrected chi connectivity index (χ1v) is 26.5. The third-order valence-electron chi connectivity index (χ3n) is 13.6. The molecule has 3 heterocycles. The minimum atomic E-state index is -1.86. The van der Waals surface area contributed by atoms with E-state index < -0.39 is 55.6 Å². The molecule has 5 atom stereocenters. The van der Waals surface area contributed by atoms with E-state index in [9.17, 15) is 29.7 Å². The fourth-order valence-corrected chi connectivity index (χ4v) is 11.8. The predicted molar refractivity (Wildman–Crippen MR) is 292 cm³/mol. The number of amides is 1. The summed E-state index contributed by atoms with van der Waals surface area (Å²) in [5.41, 5.74) is 0.909. The number of para-hydroxylation sites is 1. The Morgan fingerprint density at radius 1 is 0.805 bits per heavy atom. The molecule has 8 rings (SSSR count). The van der Waals surface area contributed by atoms with Crippen LogP contribution in [0.15, 0.2) is 149 Å². The summed E-state index contributed by atoms with van der Waals surface area (Å²) in [5, 5.41) is 22.9. The normalized spacial score (nSPS) is 16.8. The molecule has 2 N–H and O–H groups in total. The highest BCUT2D eigenvalue weighted by Crippen LogP contribution is 2.52. The molecule has 2 unspecified atom stereocenters. The summed E-state index contributed by atoms with van der Waals surface area (Å²) < 4.78 is 43.8. The van der Waals surface area contributed by atoms with Gasteiger partial charge in [-0.15, -0.1) is 0 Å². The van der Waals surface area contributed by atoms with Crippen molar-refractivity contribution in [2.24, 2.45) is 5.92 Å². The van der Waals surface area contributed by atoms with Crippen molar-refractivity contribution in [1.82, 2.24) is 24.1 Å². The van der Waals surface area contributed by atoms with Crippen LogP contribution in [0.4, 0.5) is 0 Å². The lowest BCUT2D eigenvalue weighted by Gasteiger charge is -2.39. The lowest BCUT2D eigenvalue weighted by Crippen LogP contribution is -2.41. The molecule has 0 aliphatic carbocycles. The fourth-order valence-electron chi connectivity index (χ4n) is 9.93. The number of benzene rings is 5. The Balaban J connectivity index is 1.13. The first-order valence-electron chi connectivity index (χ1n) is 25.4. The van der Waals surface area contributed by atoms with Crippen molar-refractivity contribution >= 4 is 31.2 Å². The summed E-state index contributed by atoms with van der Waals surface area (Å²) >= 11 is 0. The third kappa shape index (κ3) is 11.8. The Morgan fingerprint density at radius 2 is 1.42 bits per heavy atom. The Hall–Kier alpha value is -7.73. The van der Waals surface area contributed by atoms with Crippen LogP contribution in [0.25, 0.3) is 10.9 Å².